The van der Waals surface area contributed by atoms with E-state index in [1.165, 1.54) is 25.9 Å². The number of nitrogens with two attached hydrogens (primary N) is 1. The minimum absolute atomic E-state index is 0.0398. The molecule has 4 heteroatoms. The predicted octanol–water partition coefficient (Wildman–Crippen LogP) is 2.94. The van der Waals surface area contributed by atoms with Gasteiger partial charge >= 0.3 is 0 Å². The smallest absolute Gasteiger partial charge is 0.120 e. The van der Waals surface area contributed by atoms with E-state index in [2.05, 4.69) is 20.8 Å². The molecule has 1 saturated heterocycles. The van der Waals surface area contributed by atoms with Gasteiger partial charge < -0.3 is 10.5 Å². The molecule has 1 unspecified atom stereocenters. The third kappa shape index (κ3) is 3.70. The van der Waals surface area contributed by atoms with Crippen molar-refractivity contribution >= 4 is 15.9 Å². The van der Waals surface area contributed by atoms with Gasteiger partial charge in [-0.05, 0) is 50.6 Å². The van der Waals surface area contributed by atoms with E-state index in [0.717, 1.165) is 28.9 Å². The third-order valence-corrected chi connectivity index (χ3v) is 4.02. The van der Waals surface area contributed by atoms with E-state index < -0.39 is 0 Å². The SMILES string of the molecule is CC(N)c1ccc(OCCN2CCCC2)cc1Br. The molecule has 0 aliphatic carbocycles. The van der Waals surface area contributed by atoms with Crippen LogP contribution in [-0.2, 0) is 0 Å². The van der Waals surface area contributed by atoms with Gasteiger partial charge in [0.25, 0.3) is 0 Å². The summed E-state index contributed by atoms with van der Waals surface area (Å²) in [6, 6.07) is 6.06. The minimum Gasteiger partial charge on any atom is -0.492 e. The van der Waals surface area contributed by atoms with Gasteiger partial charge in [-0.25, -0.2) is 0 Å². The molecule has 100 valence electrons. The van der Waals surface area contributed by atoms with Crippen LogP contribution in [0.25, 0.3) is 0 Å². The first-order valence-corrected chi connectivity index (χ1v) is 7.36. The Bertz CT molecular complexity index is 389. The van der Waals surface area contributed by atoms with Crippen molar-refractivity contribution in [1.29, 1.82) is 0 Å². The zero-order valence-corrected chi connectivity index (χ0v) is 12.4. The summed E-state index contributed by atoms with van der Waals surface area (Å²) in [6.07, 6.45) is 2.66. The summed E-state index contributed by atoms with van der Waals surface area (Å²) in [5, 5.41) is 0. The number of hydrogen-bond acceptors (Lipinski definition) is 3. The average molecular weight is 313 g/mol. The summed E-state index contributed by atoms with van der Waals surface area (Å²) in [7, 11) is 0. The largest absolute Gasteiger partial charge is 0.492 e. The monoisotopic (exact) mass is 312 g/mol. The molecule has 1 heterocycles. The van der Waals surface area contributed by atoms with E-state index in [4.69, 9.17) is 10.5 Å². The Balaban J connectivity index is 1.84. The summed E-state index contributed by atoms with van der Waals surface area (Å²) >= 11 is 3.54. The van der Waals surface area contributed by atoms with Crippen molar-refractivity contribution in [1.82, 2.24) is 4.90 Å². The molecule has 3 nitrogen and oxygen atoms in total. The van der Waals surface area contributed by atoms with Crippen LogP contribution in [0.2, 0.25) is 0 Å². The van der Waals surface area contributed by atoms with Gasteiger partial charge in [-0.1, -0.05) is 22.0 Å². The zero-order chi connectivity index (χ0) is 13.0. The molecule has 0 spiro atoms. The van der Waals surface area contributed by atoms with Gasteiger partial charge in [0.2, 0.25) is 0 Å². The second-order valence-corrected chi connectivity index (χ2v) is 5.72. The second kappa shape index (κ2) is 6.55. The normalized spacial score (nSPS) is 17.9. The quantitative estimate of drug-likeness (QED) is 0.908. The highest BCUT2D eigenvalue weighted by atomic mass is 79.9. The highest BCUT2D eigenvalue weighted by Crippen LogP contribution is 2.26. The van der Waals surface area contributed by atoms with Crippen LogP contribution in [0.1, 0.15) is 31.4 Å². The molecule has 1 atom stereocenters. The van der Waals surface area contributed by atoms with E-state index in [9.17, 15) is 0 Å². The topological polar surface area (TPSA) is 38.5 Å². The van der Waals surface area contributed by atoms with E-state index in [1.807, 2.05) is 25.1 Å². The van der Waals surface area contributed by atoms with Crippen molar-refractivity contribution in [2.75, 3.05) is 26.2 Å². The summed E-state index contributed by atoms with van der Waals surface area (Å²) in [6.45, 7) is 6.19. The molecule has 0 amide bonds. The van der Waals surface area contributed by atoms with Crippen LogP contribution >= 0.6 is 15.9 Å². The minimum atomic E-state index is 0.0398. The first kappa shape index (κ1) is 13.8. The molecule has 0 aromatic heterocycles. The van der Waals surface area contributed by atoms with Gasteiger partial charge in [0.15, 0.2) is 0 Å². The van der Waals surface area contributed by atoms with Crippen LogP contribution in [0.3, 0.4) is 0 Å². The molecular formula is C14H21BrN2O. The number of ether oxygens (including phenoxy) is 1. The Labute approximate surface area is 117 Å². The third-order valence-electron chi connectivity index (χ3n) is 3.34. The van der Waals surface area contributed by atoms with Crippen molar-refractivity contribution < 1.29 is 4.74 Å². The van der Waals surface area contributed by atoms with E-state index >= 15 is 0 Å². The fraction of sp³-hybridized carbons (Fsp3) is 0.571. The van der Waals surface area contributed by atoms with Gasteiger partial charge in [-0.2, -0.15) is 0 Å². The molecule has 1 aromatic rings. The van der Waals surface area contributed by atoms with Crippen molar-refractivity contribution in [2.45, 2.75) is 25.8 Å². The van der Waals surface area contributed by atoms with Crippen LogP contribution in [0.15, 0.2) is 22.7 Å². The highest BCUT2D eigenvalue weighted by molar-refractivity contribution is 9.10. The highest BCUT2D eigenvalue weighted by Gasteiger charge is 2.11. The van der Waals surface area contributed by atoms with Gasteiger partial charge in [0.1, 0.15) is 12.4 Å². The number of hydrogen-bond donors (Lipinski definition) is 1. The van der Waals surface area contributed by atoms with E-state index in [0.29, 0.717) is 0 Å². The number of nitrogens with zero attached hydrogens (tertiary/aromatic N) is 1. The molecule has 2 N–H and O–H groups in total. The van der Waals surface area contributed by atoms with Gasteiger partial charge in [0.05, 0.1) is 0 Å². The van der Waals surface area contributed by atoms with Crippen molar-refractivity contribution in [3.05, 3.63) is 28.2 Å². The lowest BCUT2D eigenvalue weighted by Gasteiger charge is -2.16. The Morgan fingerprint density at radius 2 is 2.11 bits per heavy atom. The van der Waals surface area contributed by atoms with Crippen LogP contribution in [-0.4, -0.2) is 31.1 Å². The summed E-state index contributed by atoms with van der Waals surface area (Å²) in [5.74, 6) is 0.908. The first-order valence-electron chi connectivity index (χ1n) is 6.57. The average Bonchev–Trinajstić information content (AvgIpc) is 2.81. The number of likely N-dealkylation sites (tertiary alicyclic amines) is 1. The molecule has 1 aromatic carbocycles. The number of benzene rings is 1. The molecule has 1 fully saturated rings. The van der Waals surface area contributed by atoms with Gasteiger partial charge in [-0.3, -0.25) is 4.90 Å². The molecular weight excluding hydrogens is 292 g/mol. The molecule has 2 rings (SSSR count). The fourth-order valence-electron chi connectivity index (χ4n) is 2.27. The lowest BCUT2D eigenvalue weighted by Crippen LogP contribution is -2.25. The number of halogens is 1. The van der Waals surface area contributed by atoms with Crippen molar-refractivity contribution in [3.8, 4) is 5.75 Å². The molecule has 0 saturated carbocycles. The van der Waals surface area contributed by atoms with Crippen molar-refractivity contribution in [3.63, 3.8) is 0 Å². The molecule has 18 heavy (non-hydrogen) atoms. The first-order chi connectivity index (χ1) is 8.66. The molecule has 0 bridgehead atoms. The molecule has 1 aliphatic heterocycles. The Hall–Kier alpha value is -0.580. The lowest BCUT2D eigenvalue weighted by atomic mass is 10.1. The van der Waals surface area contributed by atoms with Crippen molar-refractivity contribution in [2.24, 2.45) is 5.73 Å². The Kier molecular flexibility index (Phi) is 5.03. The predicted molar refractivity (Wildman–Crippen MR) is 77.9 cm³/mol. The molecule has 1 aliphatic rings. The Morgan fingerprint density at radius 3 is 2.72 bits per heavy atom. The summed E-state index contributed by atoms with van der Waals surface area (Å²) < 4.78 is 6.80. The van der Waals surface area contributed by atoms with Crippen LogP contribution in [0.5, 0.6) is 5.75 Å². The van der Waals surface area contributed by atoms with Crippen LogP contribution in [0.4, 0.5) is 0 Å². The summed E-state index contributed by atoms with van der Waals surface area (Å²) in [5.41, 5.74) is 6.98. The fourth-order valence-corrected chi connectivity index (χ4v) is 2.98. The zero-order valence-electron chi connectivity index (χ0n) is 10.9. The van der Waals surface area contributed by atoms with E-state index in [1.54, 1.807) is 0 Å². The number of rotatable bonds is 5. The maximum absolute atomic E-state index is 5.87. The van der Waals surface area contributed by atoms with Gasteiger partial charge in [0, 0.05) is 17.1 Å². The molecule has 0 radical (unpaired) electrons. The lowest BCUT2D eigenvalue weighted by molar-refractivity contribution is 0.237. The second-order valence-electron chi connectivity index (χ2n) is 4.87. The van der Waals surface area contributed by atoms with E-state index in [-0.39, 0.29) is 6.04 Å². The van der Waals surface area contributed by atoms with Gasteiger partial charge in [-0.15, -0.1) is 0 Å². The maximum Gasteiger partial charge on any atom is 0.120 e. The Morgan fingerprint density at radius 1 is 1.39 bits per heavy atom. The standard InChI is InChI=1S/C14H21BrN2O/c1-11(16)13-5-4-12(10-14(13)15)18-9-8-17-6-2-3-7-17/h4-5,10-11H,2-3,6-9,16H2,1H3. The van der Waals surface area contributed by atoms with Crippen LogP contribution in [0, 0.1) is 0 Å². The summed E-state index contributed by atoms with van der Waals surface area (Å²) in [4.78, 5) is 2.45. The maximum atomic E-state index is 5.87. The van der Waals surface area contributed by atoms with Crippen LogP contribution < -0.4 is 10.5 Å².